The van der Waals surface area contributed by atoms with E-state index in [1.54, 1.807) is 26.8 Å². The highest BCUT2D eigenvalue weighted by atomic mass is 35.5. The molecular formula is C25H27ClO6. The van der Waals surface area contributed by atoms with Gasteiger partial charge in [0.1, 0.15) is 11.5 Å². The number of allylic oxidation sites excluding steroid dienone is 2. The van der Waals surface area contributed by atoms with Crippen LogP contribution in [0.15, 0.2) is 47.6 Å². The van der Waals surface area contributed by atoms with Crippen molar-refractivity contribution in [2.24, 2.45) is 0 Å². The molecule has 7 heteroatoms. The molecule has 0 saturated carbocycles. The fourth-order valence-electron chi connectivity index (χ4n) is 4.04. The lowest BCUT2D eigenvalue weighted by atomic mass is 9.69. The SMILES string of the molecule is C=C(C)C(=O)CC/C(C)=C\C[C@@]12OC(C)(C)[C@H](Cl)C=C1C(=O)c1c(O)cc(O)cc1C2=O. The second kappa shape index (κ2) is 8.34. The molecule has 2 N–H and O–H groups in total. The van der Waals surface area contributed by atoms with Crippen LogP contribution in [0.5, 0.6) is 11.5 Å². The number of hydrogen-bond donors (Lipinski definition) is 2. The topological polar surface area (TPSA) is 101 Å². The van der Waals surface area contributed by atoms with Crippen molar-refractivity contribution in [3.05, 3.63) is 58.7 Å². The minimum atomic E-state index is -1.65. The van der Waals surface area contributed by atoms with E-state index >= 15 is 0 Å². The molecule has 2 aliphatic rings. The minimum Gasteiger partial charge on any atom is -0.508 e. The summed E-state index contributed by atoms with van der Waals surface area (Å²) in [5, 5.41) is 19.5. The van der Waals surface area contributed by atoms with Gasteiger partial charge in [-0.05, 0) is 45.8 Å². The molecule has 6 nitrogen and oxygen atoms in total. The molecule has 1 aromatic rings. The van der Waals surface area contributed by atoms with Crippen LogP contribution in [0.1, 0.15) is 67.7 Å². The summed E-state index contributed by atoms with van der Waals surface area (Å²) in [5.74, 6) is -1.96. The van der Waals surface area contributed by atoms with Crippen molar-refractivity contribution in [2.45, 2.75) is 63.5 Å². The first-order chi connectivity index (χ1) is 14.8. The second-order valence-electron chi connectivity index (χ2n) is 9.02. The standard InChI is InChI=1S/C25H27ClO6/c1-13(2)18(28)7-6-14(3)8-9-25-17(12-20(26)24(4,5)32-25)22(30)21-16(23(25)31)10-15(27)11-19(21)29/h8,10-12,20,27,29H,1,6-7,9H2,2-5H3/b14-8-/t20-,25-/m1/s1. The van der Waals surface area contributed by atoms with Gasteiger partial charge >= 0.3 is 0 Å². The van der Waals surface area contributed by atoms with Crippen molar-refractivity contribution in [1.82, 2.24) is 0 Å². The maximum Gasteiger partial charge on any atom is 0.200 e. The largest absolute Gasteiger partial charge is 0.508 e. The summed E-state index contributed by atoms with van der Waals surface area (Å²) in [4.78, 5) is 38.9. The predicted octanol–water partition coefficient (Wildman–Crippen LogP) is 4.82. The first-order valence-electron chi connectivity index (χ1n) is 10.4. The van der Waals surface area contributed by atoms with Crippen molar-refractivity contribution < 1.29 is 29.3 Å². The molecule has 3 rings (SSSR count). The summed E-state index contributed by atoms with van der Waals surface area (Å²) in [7, 11) is 0. The Morgan fingerprint density at radius 3 is 2.50 bits per heavy atom. The third-order valence-electron chi connectivity index (χ3n) is 6.00. The number of hydrogen-bond acceptors (Lipinski definition) is 6. The average molecular weight is 459 g/mol. The van der Waals surface area contributed by atoms with Gasteiger partial charge in [-0.15, -0.1) is 11.6 Å². The first kappa shape index (κ1) is 24.0. The number of aromatic hydroxyl groups is 2. The number of carbonyl (C=O) groups is 3. The number of phenols is 2. The van der Waals surface area contributed by atoms with Gasteiger partial charge < -0.3 is 14.9 Å². The van der Waals surface area contributed by atoms with Gasteiger partial charge in [-0.1, -0.05) is 24.3 Å². The molecule has 0 saturated heterocycles. The Hall–Kier alpha value is -2.70. The maximum atomic E-state index is 13.7. The lowest BCUT2D eigenvalue weighted by molar-refractivity contribution is -0.115. The van der Waals surface area contributed by atoms with E-state index in [1.807, 2.05) is 6.92 Å². The molecule has 170 valence electrons. The van der Waals surface area contributed by atoms with Gasteiger partial charge in [0.05, 0.1) is 16.5 Å². The quantitative estimate of drug-likeness (QED) is 0.360. The van der Waals surface area contributed by atoms with Crippen LogP contribution in [0.4, 0.5) is 0 Å². The molecule has 1 aliphatic heterocycles. The van der Waals surface area contributed by atoms with Crippen LogP contribution in [-0.4, -0.2) is 44.1 Å². The van der Waals surface area contributed by atoms with Gasteiger partial charge in [-0.2, -0.15) is 0 Å². The van der Waals surface area contributed by atoms with E-state index in [9.17, 15) is 24.6 Å². The molecule has 0 unspecified atom stereocenters. The highest BCUT2D eigenvalue weighted by Crippen LogP contribution is 2.48. The van der Waals surface area contributed by atoms with Crippen LogP contribution in [0, 0.1) is 0 Å². The third-order valence-corrected chi connectivity index (χ3v) is 6.65. The zero-order valence-electron chi connectivity index (χ0n) is 18.6. The number of ketones is 3. The number of rotatable bonds is 6. The van der Waals surface area contributed by atoms with Crippen molar-refractivity contribution in [1.29, 1.82) is 0 Å². The number of phenolic OH excluding ortho intramolecular Hbond substituents is 2. The molecule has 1 heterocycles. The number of ether oxygens (including phenoxy) is 1. The molecular weight excluding hydrogens is 432 g/mol. The Kier molecular flexibility index (Phi) is 6.24. The summed E-state index contributed by atoms with van der Waals surface area (Å²) in [6.45, 7) is 10.6. The number of benzene rings is 1. The molecule has 1 aliphatic carbocycles. The number of carbonyl (C=O) groups excluding carboxylic acids is 3. The number of halogens is 1. The van der Waals surface area contributed by atoms with E-state index in [4.69, 9.17) is 16.3 Å². The highest BCUT2D eigenvalue weighted by molar-refractivity contribution is 6.30. The maximum absolute atomic E-state index is 13.7. The van der Waals surface area contributed by atoms with Crippen molar-refractivity contribution in [3.63, 3.8) is 0 Å². The smallest absolute Gasteiger partial charge is 0.200 e. The van der Waals surface area contributed by atoms with Crippen LogP contribution >= 0.6 is 11.6 Å². The molecule has 0 spiro atoms. The van der Waals surface area contributed by atoms with E-state index in [0.717, 1.165) is 11.6 Å². The molecule has 0 fully saturated rings. The van der Waals surface area contributed by atoms with Crippen LogP contribution in [-0.2, 0) is 9.53 Å². The molecule has 0 radical (unpaired) electrons. The van der Waals surface area contributed by atoms with Crippen LogP contribution in [0.25, 0.3) is 0 Å². The summed E-state index contributed by atoms with van der Waals surface area (Å²) in [6.07, 6.45) is 4.11. The van der Waals surface area contributed by atoms with Crippen molar-refractivity contribution in [2.75, 3.05) is 0 Å². The lowest BCUT2D eigenvalue weighted by Gasteiger charge is -2.47. The van der Waals surface area contributed by atoms with Gasteiger partial charge in [0.15, 0.2) is 17.2 Å². The van der Waals surface area contributed by atoms with Crippen LogP contribution in [0.3, 0.4) is 0 Å². The molecule has 1 aromatic carbocycles. The van der Waals surface area contributed by atoms with Gasteiger partial charge in [-0.3, -0.25) is 14.4 Å². The average Bonchev–Trinajstić information content (AvgIpc) is 2.69. The minimum absolute atomic E-state index is 0.0411. The Bertz CT molecular complexity index is 1090. The molecule has 2 atom stereocenters. The Labute approximate surface area is 192 Å². The molecule has 0 bridgehead atoms. The molecule has 0 amide bonds. The molecule has 32 heavy (non-hydrogen) atoms. The van der Waals surface area contributed by atoms with E-state index in [1.165, 1.54) is 12.1 Å². The Morgan fingerprint density at radius 2 is 1.88 bits per heavy atom. The Balaban J connectivity index is 2.08. The first-order valence-corrected chi connectivity index (χ1v) is 10.8. The van der Waals surface area contributed by atoms with Crippen molar-refractivity contribution >= 4 is 29.0 Å². The predicted molar refractivity (Wildman–Crippen MR) is 121 cm³/mol. The van der Waals surface area contributed by atoms with E-state index in [0.29, 0.717) is 18.4 Å². The van der Waals surface area contributed by atoms with Crippen LogP contribution < -0.4 is 0 Å². The fourth-order valence-corrected chi connectivity index (χ4v) is 4.21. The van der Waals surface area contributed by atoms with Crippen LogP contribution in [0.2, 0.25) is 0 Å². The van der Waals surface area contributed by atoms with Crippen molar-refractivity contribution in [3.8, 4) is 11.5 Å². The molecule has 0 aromatic heterocycles. The highest BCUT2D eigenvalue weighted by Gasteiger charge is 2.57. The normalized spacial score (nSPS) is 24.5. The monoisotopic (exact) mass is 458 g/mol. The lowest BCUT2D eigenvalue weighted by Crippen LogP contribution is -2.58. The summed E-state index contributed by atoms with van der Waals surface area (Å²) in [5.41, 5.74) is -1.48. The van der Waals surface area contributed by atoms with E-state index in [2.05, 4.69) is 6.58 Å². The van der Waals surface area contributed by atoms with E-state index < -0.39 is 33.9 Å². The number of fused-ring (bicyclic) bond motifs is 2. The van der Waals surface area contributed by atoms with Gasteiger partial charge in [0, 0.05) is 30.0 Å². The van der Waals surface area contributed by atoms with E-state index in [-0.39, 0.29) is 34.7 Å². The zero-order chi connectivity index (χ0) is 24.0. The summed E-state index contributed by atoms with van der Waals surface area (Å²) in [6, 6.07) is 2.19. The van der Waals surface area contributed by atoms with Gasteiger partial charge in [-0.25, -0.2) is 0 Å². The third kappa shape index (κ3) is 4.05. The fraction of sp³-hybridized carbons (Fsp3) is 0.400. The number of alkyl halides is 1. The zero-order valence-corrected chi connectivity index (χ0v) is 19.4. The Morgan fingerprint density at radius 1 is 1.22 bits per heavy atom. The second-order valence-corrected chi connectivity index (χ2v) is 9.49. The number of Topliss-reactive ketones (excluding diaryl/α,β-unsaturated/α-hetero) is 3. The van der Waals surface area contributed by atoms with Gasteiger partial charge in [0.2, 0.25) is 5.78 Å². The summed E-state index contributed by atoms with van der Waals surface area (Å²) < 4.78 is 6.25. The van der Waals surface area contributed by atoms with Gasteiger partial charge in [0.25, 0.3) is 0 Å². The summed E-state index contributed by atoms with van der Waals surface area (Å²) >= 11 is 6.44.